The summed E-state index contributed by atoms with van der Waals surface area (Å²) in [5, 5.41) is 21.0. The average Bonchev–Trinajstić information content (AvgIpc) is 3.80. The maximum absolute atomic E-state index is 13.9. The standard InChI is InChI=1S/C46H60N6O5.C2HF3O2/c1-7-52(8-2)25-9-10-41(53)37-21-24-40(31(3)26-37)34-15-11-32(12-16-34)27-38(44(55)50-39-22-19-36(20-23-39)43-48-30-49-51-43)28-42(54)35-17-13-33(14-18-35)29-47-45(56)57-46(4,5)6;3-2(4,5)1(6)7/h11-12,15-16,19-24,26,33,35,38H,7-10,13-14,17-18,25,27-30H2,1-6H3,(H,47,56)(H,50,55);(H,6,7)/t33?,35?,38-;/m1./s1. The van der Waals surface area contributed by atoms with Gasteiger partial charge >= 0.3 is 18.2 Å². The van der Waals surface area contributed by atoms with Crippen molar-refractivity contribution in [1.82, 2.24) is 10.2 Å². The lowest BCUT2D eigenvalue weighted by molar-refractivity contribution is -0.192. The normalized spacial score (nSPS) is 16.6. The number of nitrogens with zero attached hydrogens (tertiary/aromatic N) is 4. The summed E-state index contributed by atoms with van der Waals surface area (Å²) in [5.74, 6) is -2.55. The van der Waals surface area contributed by atoms with E-state index in [2.05, 4.69) is 56.7 Å². The highest BCUT2D eigenvalue weighted by Crippen LogP contribution is 2.32. The second-order valence-corrected chi connectivity index (χ2v) is 17.2. The van der Waals surface area contributed by atoms with Gasteiger partial charge in [-0.2, -0.15) is 18.3 Å². The van der Waals surface area contributed by atoms with Crippen LogP contribution in [0.5, 0.6) is 0 Å². The van der Waals surface area contributed by atoms with Crippen LogP contribution in [-0.2, 0) is 25.5 Å². The van der Waals surface area contributed by atoms with Crippen LogP contribution < -0.4 is 10.6 Å². The molecule has 0 unspecified atom stereocenters. The summed E-state index contributed by atoms with van der Waals surface area (Å²) in [4.78, 5) is 68.4. The Hall–Kier alpha value is -5.77. The Labute approximate surface area is 373 Å². The largest absolute Gasteiger partial charge is 0.490 e. The molecule has 0 radical (unpaired) electrons. The van der Waals surface area contributed by atoms with E-state index in [0.29, 0.717) is 37.6 Å². The highest BCUT2D eigenvalue weighted by Gasteiger charge is 2.38. The van der Waals surface area contributed by atoms with Crippen molar-refractivity contribution >= 4 is 41.1 Å². The van der Waals surface area contributed by atoms with E-state index in [9.17, 15) is 32.3 Å². The minimum Gasteiger partial charge on any atom is -0.475 e. The van der Waals surface area contributed by atoms with E-state index < -0.39 is 29.8 Å². The molecule has 1 aliphatic carbocycles. The number of ketones is 2. The van der Waals surface area contributed by atoms with E-state index in [1.165, 1.54) is 0 Å². The first-order valence-electron chi connectivity index (χ1n) is 21.8. The number of Topliss-reactive ketones (excluding diaryl/α,β-unsaturated/α-hetero) is 2. The molecule has 16 heteroatoms. The number of nitrogens with one attached hydrogen (secondary N) is 2. The molecular weight excluding hydrogens is 830 g/mol. The number of aryl methyl sites for hydroxylation is 1. The number of alkyl carbamates (subject to hydrolysis) is 1. The Morgan fingerprint density at radius 1 is 0.891 bits per heavy atom. The molecule has 5 rings (SSSR count). The van der Waals surface area contributed by atoms with Gasteiger partial charge in [-0.15, -0.1) is 5.11 Å². The fraction of sp³-hybridized carbons (Fsp3) is 0.500. The van der Waals surface area contributed by atoms with Crippen molar-refractivity contribution in [2.75, 3.05) is 38.2 Å². The number of amidine groups is 1. The van der Waals surface area contributed by atoms with Crippen LogP contribution in [0.1, 0.15) is 107 Å². The smallest absolute Gasteiger partial charge is 0.475 e. The molecule has 1 heterocycles. The van der Waals surface area contributed by atoms with Crippen molar-refractivity contribution in [2.45, 2.75) is 105 Å². The molecule has 3 aromatic carbocycles. The molecule has 1 aliphatic heterocycles. The van der Waals surface area contributed by atoms with Crippen LogP contribution in [0.25, 0.3) is 11.1 Å². The average molecular weight is 891 g/mol. The lowest BCUT2D eigenvalue weighted by Gasteiger charge is -2.29. The second-order valence-electron chi connectivity index (χ2n) is 17.2. The van der Waals surface area contributed by atoms with Gasteiger partial charge in [0.1, 0.15) is 11.4 Å². The number of carboxylic acids is 1. The Morgan fingerprint density at radius 2 is 1.52 bits per heavy atom. The van der Waals surface area contributed by atoms with Gasteiger partial charge < -0.3 is 25.4 Å². The fourth-order valence-corrected chi connectivity index (χ4v) is 7.64. The second kappa shape index (κ2) is 23.8. The van der Waals surface area contributed by atoms with Crippen molar-refractivity contribution in [3.8, 4) is 11.1 Å². The van der Waals surface area contributed by atoms with Crippen molar-refractivity contribution in [3.05, 3.63) is 89.0 Å². The zero-order valence-electron chi connectivity index (χ0n) is 37.6. The summed E-state index contributed by atoms with van der Waals surface area (Å²) in [6, 6.07) is 21.4. The monoisotopic (exact) mass is 890 g/mol. The van der Waals surface area contributed by atoms with Gasteiger partial charge in [0.2, 0.25) is 5.91 Å². The maximum Gasteiger partial charge on any atom is 0.490 e. The van der Waals surface area contributed by atoms with Crippen molar-refractivity contribution in [3.63, 3.8) is 0 Å². The lowest BCUT2D eigenvalue weighted by Crippen LogP contribution is -2.37. The molecule has 346 valence electrons. The number of alkyl halides is 3. The van der Waals surface area contributed by atoms with Crippen LogP contribution in [0.15, 0.2) is 82.0 Å². The molecule has 0 saturated heterocycles. The van der Waals surface area contributed by atoms with Gasteiger partial charge in [-0.1, -0.05) is 50.2 Å². The number of rotatable bonds is 18. The van der Waals surface area contributed by atoms with Crippen molar-refractivity contribution in [2.24, 2.45) is 33.0 Å². The summed E-state index contributed by atoms with van der Waals surface area (Å²) in [5.41, 5.74) is 5.70. The molecule has 1 saturated carbocycles. The molecule has 0 bridgehead atoms. The third-order valence-electron chi connectivity index (χ3n) is 11.2. The number of aliphatic carboxylic acids is 1. The molecule has 1 fully saturated rings. The maximum atomic E-state index is 13.9. The van der Waals surface area contributed by atoms with Crippen LogP contribution in [0.2, 0.25) is 0 Å². The number of ether oxygens (including phenoxy) is 1. The number of carboxylic acid groups (broad SMARTS) is 1. The number of anilines is 1. The Kier molecular flexibility index (Phi) is 18.9. The summed E-state index contributed by atoms with van der Waals surface area (Å²) >= 11 is 0. The first-order valence-corrected chi connectivity index (χ1v) is 21.8. The SMILES string of the molecule is CCN(CC)CCCC(=O)c1ccc(-c2ccc(C[C@H](CC(=O)C3CCC(CNC(=O)OC(C)(C)C)CC3)C(=O)Nc3ccc(C4=NCN=N4)cc3)cc2)c(C)c1.O=C(O)C(F)(F)F. The van der Waals surface area contributed by atoms with Gasteiger partial charge in [-0.05, 0) is 144 Å². The minimum absolute atomic E-state index is 0.101. The van der Waals surface area contributed by atoms with E-state index in [-0.39, 0.29) is 35.7 Å². The quantitative estimate of drug-likeness (QED) is 0.106. The fourth-order valence-electron chi connectivity index (χ4n) is 7.64. The molecule has 0 spiro atoms. The summed E-state index contributed by atoms with van der Waals surface area (Å²) < 4.78 is 37.1. The number of azo groups is 1. The molecule has 3 aromatic rings. The number of amides is 2. The van der Waals surface area contributed by atoms with Crippen LogP contribution in [0, 0.1) is 24.7 Å². The van der Waals surface area contributed by atoms with Crippen molar-refractivity contribution in [1.29, 1.82) is 0 Å². The minimum atomic E-state index is -5.08. The molecule has 0 aromatic heterocycles. The Morgan fingerprint density at radius 3 is 2.06 bits per heavy atom. The first kappa shape index (κ1) is 50.9. The van der Waals surface area contributed by atoms with E-state index in [1.807, 2.05) is 82.3 Å². The Bertz CT molecular complexity index is 2120. The number of hydrogen-bond donors (Lipinski definition) is 3. The molecule has 2 aliphatic rings. The van der Waals surface area contributed by atoms with E-state index in [1.54, 1.807) is 0 Å². The lowest BCUT2D eigenvalue weighted by atomic mass is 9.77. The zero-order valence-corrected chi connectivity index (χ0v) is 37.6. The Balaban J connectivity index is 0.00000118. The highest BCUT2D eigenvalue weighted by atomic mass is 19.4. The molecule has 2 amide bonds. The van der Waals surface area contributed by atoms with Crippen LogP contribution in [0.4, 0.5) is 23.7 Å². The molecule has 1 atom stereocenters. The van der Waals surface area contributed by atoms with Gasteiger partial charge in [-0.3, -0.25) is 14.4 Å². The van der Waals surface area contributed by atoms with Gasteiger partial charge in [-0.25, -0.2) is 14.6 Å². The van der Waals surface area contributed by atoms with E-state index >= 15 is 0 Å². The van der Waals surface area contributed by atoms with Crippen LogP contribution in [0.3, 0.4) is 0 Å². The number of carbonyl (C=O) groups excluding carboxylic acids is 4. The van der Waals surface area contributed by atoms with E-state index in [0.717, 1.165) is 85.1 Å². The molecular formula is C48H61F3N6O7. The van der Waals surface area contributed by atoms with Crippen LogP contribution in [-0.4, -0.2) is 90.0 Å². The number of carbonyl (C=O) groups is 5. The van der Waals surface area contributed by atoms with Gasteiger partial charge in [0.05, 0.1) is 0 Å². The molecule has 64 heavy (non-hydrogen) atoms. The van der Waals surface area contributed by atoms with Gasteiger partial charge in [0, 0.05) is 48.0 Å². The summed E-state index contributed by atoms with van der Waals surface area (Å²) in [6.07, 6.45) is -0.480. The molecule has 13 nitrogen and oxygen atoms in total. The van der Waals surface area contributed by atoms with Crippen molar-refractivity contribution < 1.29 is 47.0 Å². The number of halogens is 3. The third kappa shape index (κ3) is 16.4. The number of benzene rings is 3. The summed E-state index contributed by atoms with van der Waals surface area (Å²) in [7, 11) is 0. The predicted molar refractivity (Wildman–Crippen MR) is 239 cm³/mol. The third-order valence-corrected chi connectivity index (χ3v) is 11.2. The van der Waals surface area contributed by atoms with Crippen LogP contribution >= 0.6 is 0 Å². The van der Waals surface area contributed by atoms with E-state index in [4.69, 9.17) is 14.6 Å². The number of aliphatic imine (C=N–C) groups is 1. The summed E-state index contributed by atoms with van der Waals surface area (Å²) in [6.45, 7) is 15.6. The van der Waals surface area contributed by atoms with Gasteiger partial charge in [0.25, 0.3) is 0 Å². The molecule has 3 N–H and O–H groups in total. The zero-order chi connectivity index (χ0) is 47.0. The van der Waals surface area contributed by atoms with Gasteiger partial charge in [0.15, 0.2) is 18.3 Å². The topological polar surface area (TPSA) is 179 Å². The first-order chi connectivity index (χ1) is 30.3. The number of hydrogen-bond acceptors (Lipinski definition) is 10. The highest BCUT2D eigenvalue weighted by molar-refractivity contribution is 6.01. The predicted octanol–water partition coefficient (Wildman–Crippen LogP) is 9.86.